The predicted molar refractivity (Wildman–Crippen MR) is 89.3 cm³/mol. The number of hydrogen-bond donors (Lipinski definition) is 3. The Hall–Kier alpha value is 0.01000. The van der Waals surface area contributed by atoms with E-state index in [1.807, 2.05) is 0 Å². The van der Waals surface area contributed by atoms with Crippen LogP contribution in [0.4, 0.5) is 11.6 Å². The van der Waals surface area contributed by atoms with Gasteiger partial charge in [-0.2, -0.15) is 15.0 Å². The first-order valence-electron chi connectivity index (χ1n) is 4.73. The van der Waals surface area contributed by atoms with E-state index in [0.717, 1.165) is 21.6 Å². The van der Waals surface area contributed by atoms with Gasteiger partial charge in [-0.3, -0.25) is 0 Å². The summed E-state index contributed by atoms with van der Waals surface area (Å²) in [4.78, 5) is 12.5. The van der Waals surface area contributed by atoms with E-state index >= 15 is 0 Å². The molecule has 1 aromatic heterocycles. The number of halogens is 2. The van der Waals surface area contributed by atoms with Gasteiger partial charge in [0.2, 0.25) is 16.3 Å². The minimum atomic E-state index is 0.376. The van der Waals surface area contributed by atoms with Crippen molar-refractivity contribution in [2.75, 3.05) is 5.32 Å². The molecular weight excluding hydrogens is 363 g/mol. The number of thiol groups is 2. The Morgan fingerprint density at radius 1 is 0.895 bits per heavy atom. The van der Waals surface area contributed by atoms with E-state index in [1.54, 1.807) is 18.2 Å². The van der Waals surface area contributed by atoms with Crippen molar-refractivity contribution in [3.05, 3.63) is 28.2 Å². The van der Waals surface area contributed by atoms with Crippen molar-refractivity contribution in [1.29, 1.82) is 0 Å². The summed E-state index contributed by atoms with van der Waals surface area (Å²) < 4.78 is 0. The molecule has 100 valence electrons. The molecule has 1 aromatic carbocycles. The van der Waals surface area contributed by atoms with Crippen LogP contribution in [0.3, 0.4) is 0 Å². The number of aromatic nitrogens is 3. The Labute approximate surface area is 138 Å². The van der Waals surface area contributed by atoms with Crippen molar-refractivity contribution in [3.63, 3.8) is 0 Å². The molecule has 0 radical (unpaired) electrons. The minimum Gasteiger partial charge on any atom is -0.324 e. The molecule has 10 heteroatoms. The maximum atomic E-state index is 5.92. The summed E-state index contributed by atoms with van der Waals surface area (Å²) in [6, 6.07) is 5.09. The standard InChI is InChI=1S/C9H6Cl2N4S4/c10-4-1-5(11)3-6(2-4)12-7-13-8(18-16)15-9(14-7)19-17/h1-3,16-17H,(H,12,13,14,15). The van der Waals surface area contributed by atoms with E-state index < -0.39 is 0 Å². The molecule has 4 nitrogen and oxygen atoms in total. The molecule has 0 fully saturated rings. The van der Waals surface area contributed by atoms with Gasteiger partial charge in [0.05, 0.1) is 0 Å². The zero-order chi connectivity index (χ0) is 13.8. The van der Waals surface area contributed by atoms with Crippen LogP contribution in [0.2, 0.25) is 10.0 Å². The Morgan fingerprint density at radius 3 is 1.89 bits per heavy atom. The van der Waals surface area contributed by atoms with Crippen molar-refractivity contribution in [1.82, 2.24) is 15.0 Å². The zero-order valence-corrected chi connectivity index (χ0v) is 14.0. The maximum Gasteiger partial charge on any atom is 0.232 e. The lowest BCUT2D eigenvalue weighted by Crippen LogP contribution is -2.01. The van der Waals surface area contributed by atoms with E-state index in [4.69, 9.17) is 23.2 Å². The lowest BCUT2D eigenvalue weighted by atomic mass is 10.3. The van der Waals surface area contributed by atoms with Gasteiger partial charge >= 0.3 is 0 Å². The third kappa shape index (κ3) is 4.51. The summed E-state index contributed by atoms with van der Waals surface area (Å²) in [5, 5.41) is 5.01. The van der Waals surface area contributed by atoms with Crippen molar-refractivity contribution >= 4 is 79.7 Å². The first-order chi connectivity index (χ1) is 9.10. The SMILES string of the molecule is SSc1nc(Nc2cc(Cl)cc(Cl)c2)nc(SS)n1. The highest BCUT2D eigenvalue weighted by atomic mass is 35.5. The monoisotopic (exact) mass is 368 g/mol. The molecule has 2 aromatic rings. The van der Waals surface area contributed by atoms with Crippen LogP contribution in [0.15, 0.2) is 28.5 Å². The third-order valence-electron chi connectivity index (χ3n) is 1.88. The smallest absolute Gasteiger partial charge is 0.232 e. The van der Waals surface area contributed by atoms with E-state index in [0.29, 0.717) is 32.0 Å². The van der Waals surface area contributed by atoms with E-state index in [9.17, 15) is 0 Å². The fourth-order valence-corrected chi connectivity index (χ4v) is 2.81. The zero-order valence-electron chi connectivity index (χ0n) is 9.04. The molecule has 0 atom stereocenters. The summed E-state index contributed by atoms with van der Waals surface area (Å²) in [5.41, 5.74) is 0.689. The molecule has 1 N–H and O–H groups in total. The van der Waals surface area contributed by atoms with Crippen LogP contribution in [0, 0.1) is 0 Å². The Morgan fingerprint density at radius 2 is 1.42 bits per heavy atom. The van der Waals surface area contributed by atoms with E-state index in [1.165, 1.54) is 0 Å². The molecule has 0 spiro atoms. The van der Waals surface area contributed by atoms with Crippen LogP contribution < -0.4 is 5.32 Å². The average Bonchev–Trinajstić information content (AvgIpc) is 2.37. The van der Waals surface area contributed by atoms with Gasteiger partial charge in [0.25, 0.3) is 0 Å². The van der Waals surface area contributed by atoms with Gasteiger partial charge in [-0.15, -0.1) is 23.3 Å². The highest BCUT2D eigenvalue weighted by molar-refractivity contribution is 8.69. The Kier molecular flexibility index (Phi) is 5.79. The molecule has 0 saturated carbocycles. The van der Waals surface area contributed by atoms with Crippen LogP contribution >= 0.6 is 68.1 Å². The highest BCUT2D eigenvalue weighted by Gasteiger charge is 2.07. The number of rotatable bonds is 4. The van der Waals surface area contributed by atoms with Crippen LogP contribution in [0.25, 0.3) is 0 Å². The quantitative estimate of drug-likeness (QED) is 0.532. The van der Waals surface area contributed by atoms with E-state index in [-0.39, 0.29) is 0 Å². The lowest BCUT2D eigenvalue weighted by molar-refractivity contribution is 0.816. The third-order valence-corrected chi connectivity index (χ3v) is 3.98. The second-order valence-electron chi connectivity index (χ2n) is 3.19. The van der Waals surface area contributed by atoms with Crippen LogP contribution in [0.1, 0.15) is 0 Å². The van der Waals surface area contributed by atoms with Crippen molar-refractivity contribution in [2.24, 2.45) is 0 Å². The molecule has 0 bridgehead atoms. The molecule has 0 aliphatic heterocycles. The maximum absolute atomic E-state index is 5.92. The van der Waals surface area contributed by atoms with Crippen molar-refractivity contribution < 1.29 is 0 Å². The summed E-state index contributed by atoms with van der Waals surface area (Å²) in [6.07, 6.45) is 0. The molecule has 0 aliphatic carbocycles. The van der Waals surface area contributed by atoms with Crippen molar-refractivity contribution in [3.8, 4) is 0 Å². The van der Waals surface area contributed by atoms with Gasteiger partial charge in [-0.1, -0.05) is 23.2 Å². The second kappa shape index (κ2) is 7.14. The normalized spacial score (nSPS) is 10.5. The molecule has 1 heterocycles. The molecule has 0 aliphatic rings. The number of hydrogen-bond acceptors (Lipinski definition) is 8. The lowest BCUT2D eigenvalue weighted by Gasteiger charge is -2.07. The second-order valence-corrected chi connectivity index (χ2v) is 6.25. The molecule has 19 heavy (non-hydrogen) atoms. The summed E-state index contributed by atoms with van der Waals surface area (Å²) in [7, 11) is 2.24. The average molecular weight is 369 g/mol. The van der Waals surface area contributed by atoms with Gasteiger partial charge in [-0.25, -0.2) is 0 Å². The fourth-order valence-electron chi connectivity index (χ4n) is 1.23. The largest absolute Gasteiger partial charge is 0.324 e. The summed E-state index contributed by atoms with van der Waals surface area (Å²) in [5.74, 6) is 0.376. The van der Waals surface area contributed by atoms with Crippen LogP contribution in [-0.4, -0.2) is 15.0 Å². The Balaban J connectivity index is 2.31. The summed E-state index contributed by atoms with van der Waals surface area (Å²) >= 11 is 20.0. The first kappa shape index (κ1) is 15.4. The number of nitrogens with one attached hydrogen (secondary N) is 1. The topological polar surface area (TPSA) is 50.7 Å². The van der Waals surface area contributed by atoms with Gasteiger partial charge in [0, 0.05) is 15.7 Å². The van der Waals surface area contributed by atoms with Crippen molar-refractivity contribution in [2.45, 2.75) is 10.3 Å². The van der Waals surface area contributed by atoms with Gasteiger partial charge in [0.1, 0.15) is 0 Å². The number of anilines is 2. The highest BCUT2D eigenvalue weighted by Crippen LogP contribution is 2.27. The Bertz CT molecular complexity index is 556. The predicted octanol–water partition coefficient (Wildman–Crippen LogP) is 4.80. The fraction of sp³-hybridized carbons (Fsp3) is 0. The van der Waals surface area contributed by atoms with Crippen LogP contribution in [0.5, 0.6) is 0 Å². The molecule has 2 rings (SSSR count). The molecule has 0 amide bonds. The van der Waals surface area contributed by atoms with Gasteiger partial charge in [-0.05, 0) is 39.8 Å². The van der Waals surface area contributed by atoms with Gasteiger partial charge in [0.15, 0.2) is 0 Å². The summed E-state index contributed by atoms with van der Waals surface area (Å²) in [6.45, 7) is 0. The molecular formula is C9H6Cl2N4S4. The molecule has 0 saturated heterocycles. The van der Waals surface area contributed by atoms with E-state index in [2.05, 4.69) is 43.6 Å². The first-order valence-corrected chi connectivity index (χ1v) is 9.22. The minimum absolute atomic E-state index is 0.376. The number of nitrogens with zero attached hydrogens (tertiary/aromatic N) is 3. The van der Waals surface area contributed by atoms with Gasteiger partial charge < -0.3 is 5.32 Å². The molecule has 0 unspecified atom stereocenters. The number of benzene rings is 1. The van der Waals surface area contributed by atoms with Crippen LogP contribution in [-0.2, 0) is 0 Å².